The first-order valence-corrected chi connectivity index (χ1v) is 12.1. The van der Waals surface area contributed by atoms with Gasteiger partial charge in [-0.2, -0.15) is 0 Å². The van der Waals surface area contributed by atoms with E-state index in [0.717, 1.165) is 21.9 Å². The third-order valence-electron chi connectivity index (χ3n) is 6.39. The molecular weight excluding hydrogens is 462 g/mol. The summed E-state index contributed by atoms with van der Waals surface area (Å²) < 4.78 is 7.15. The summed E-state index contributed by atoms with van der Waals surface area (Å²) >= 11 is 6.81. The number of ether oxygens (including phenoxy) is 1. The number of likely N-dealkylation sites (tertiary alicyclic amines) is 1. The number of nitrogens with zero attached hydrogens (tertiary/aromatic N) is 3. The van der Waals surface area contributed by atoms with E-state index in [2.05, 4.69) is 36.2 Å². The van der Waals surface area contributed by atoms with Gasteiger partial charge in [-0.1, -0.05) is 48.0 Å². The van der Waals surface area contributed by atoms with Crippen molar-refractivity contribution in [3.05, 3.63) is 75.7 Å². The van der Waals surface area contributed by atoms with Gasteiger partial charge in [0.2, 0.25) is 0 Å². The highest BCUT2D eigenvalue weighted by molar-refractivity contribution is 6.34. The Labute approximate surface area is 209 Å². The Morgan fingerprint density at radius 2 is 1.83 bits per heavy atom. The van der Waals surface area contributed by atoms with Crippen LogP contribution in [0, 0.1) is 12.8 Å². The number of halogens is 1. The summed E-state index contributed by atoms with van der Waals surface area (Å²) in [6, 6.07) is 16.2. The van der Waals surface area contributed by atoms with Crippen LogP contribution in [0.2, 0.25) is 5.02 Å². The molecule has 6 nitrogen and oxygen atoms in total. The van der Waals surface area contributed by atoms with Gasteiger partial charge in [-0.3, -0.25) is 4.79 Å². The van der Waals surface area contributed by atoms with Crippen molar-refractivity contribution in [2.45, 2.75) is 39.8 Å². The lowest BCUT2D eigenvalue weighted by atomic mass is 9.94. The molecule has 5 rings (SSSR count). The number of carbonyl (C=O) groups excluding carboxylic acids is 1. The van der Waals surface area contributed by atoms with Crippen molar-refractivity contribution < 1.29 is 9.53 Å². The molecule has 0 aliphatic carbocycles. The minimum atomic E-state index is -0.530. The van der Waals surface area contributed by atoms with E-state index in [-0.39, 0.29) is 17.6 Å². The fourth-order valence-electron chi connectivity index (χ4n) is 4.75. The van der Waals surface area contributed by atoms with Gasteiger partial charge in [-0.05, 0) is 61.7 Å². The van der Waals surface area contributed by atoms with Crippen LogP contribution in [-0.4, -0.2) is 39.2 Å². The third-order valence-corrected chi connectivity index (χ3v) is 6.70. The van der Waals surface area contributed by atoms with Gasteiger partial charge in [0.1, 0.15) is 5.60 Å². The van der Waals surface area contributed by atoms with Crippen molar-refractivity contribution in [2.24, 2.45) is 5.92 Å². The molecule has 2 heterocycles. The summed E-state index contributed by atoms with van der Waals surface area (Å²) in [4.78, 5) is 31.1. The molecule has 1 saturated heterocycles. The van der Waals surface area contributed by atoms with E-state index < -0.39 is 5.60 Å². The molecule has 0 atom stereocenters. The number of benzene rings is 3. The Morgan fingerprint density at radius 1 is 1.11 bits per heavy atom. The molecule has 1 fully saturated rings. The average Bonchev–Trinajstić information content (AvgIpc) is 2.75. The standard InChI is InChI=1S/C28H28ClN3O3/c1-17-7-5-8-19-9-6-10-20(26(17)19)21-11-23-24(12-22(21)29)32(25(33)13-30-23)16-18-14-31(15-18)27(34)35-28(2,3)4/h5-13,18H,14-16H2,1-4H3. The number of hydrogen-bond donors (Lipinski definition) is 0. The summed E-state index contributed by atoms with van der Waals surface area (Å²) in [5, 5.41) is 2.87. The predicted molar refractivity (Wildman–Crippen MR) is 140 cm³/mol. The van der Waals surface area contributed by atoms with E-state index >= 15 is 0 Å². The molecule has 3 aromatic carbocycles. The van der Waals surface area contributed by atoms with Crippen molar-refractivity contribution in [2.75, 3.05) is 13.1 Å². The van der Waals surface area contributed by atoms with Gasteiger partial charge in [0.15, 0.2) is 0 Å². The molecule has 0 bridgehead atoms. The largest absolute Gasteiger partial charge is 0.444 e. The SMILES string of the molecule is Cc1cccc2cccc(-c3cc4ncc(=O)n(CC5CN(C(=O)OC(C)(C)C)C5)c4cc3Cl)c12. The lowest BCUT2D eigenvalue weighted by Crippen LogP contribution is -2.53. The Bertz CT molecular complexity index is 1510. The molecule has 0 radical (unpaired) electrons. The Morgan fingerprint density at radius 3 is 2.54 bits per heavy atom. The lowest BCUT2D eigenvalue weighted by Gasteiger charge is -2.40. The van der Waals surface area contributed by atoms with E-state index in [4.69, 9.17) is 16.3 Å². The monoisotopic (exact) mass is 489 g/mol. The van der Waals surface area contributed by atoms with Crippen LogP contribution in [0.5, 0.6) is 0 Å². The van der Waals surface area contributed by atoms with E-state index in [1.165, 1.54) is 11.8 Å². The van der Waals surface area contributed by atoms with Crippen molar-refractivity contribution in [1.29, 1.82) is 0 Å². The van der Waals surface area contributed by atoms with Crippen LogP contribution in [0.4, 0.5) is 4.79 Å². The smallest absolute Gasteiger partial charge is 0.410 e. The summed E-state index contributed by atoms with van der Waals surface area (Å²) in [6.07, 6.45) is 1.04. The summed E-state index contributed by atoms with van der Waals surface area (Å²) in [5.41, 5.74) is 3.79. The maximum Gasteiger partial charge on any atom is 0.410 e. The first-order chi connectivity index (χ1) is 16.6. The number of amides is 1. The van der Waals surface area contributed by atoms with Crippen molar-refractivity contribution in [1.82, 2.24) is 14.5 Å². The molecule has 0 unspecified atom stereocenters. The Balaban J connectivity index is 1.47. The van der Waals surface area contributed by atoms with E-state index in [9.17, 15) is 9.59 Å². The third kappa shape index (κ3) is 4.50. The van der Waals surface area contributed by atoms with E-state index in [1.807, 2.05) is 45.0 Å². The molecule has 1 aliphatic heterocycles. The summed E-state index contributed by atoms with van der Waals surface area (Å²) in [7, 11) is 0. The van der Waals surface area contributed by atoms with Crippen LogP contribution in [0.1, 0.15) is 26.3 Å². The Kier molecular flexibility index (Phi) is 5.80. The van der Waals surface area contributed by atoms with Gasteiger partial charge in [-0.15, -0.1) is 0 Å². The van der Waals surface area contributed by atoms with Gasteiger partial charge < -0.3 is 14.2 Å². The maximum absolute atomic E-state index is 12.7. The van der Waals surface area contributed by atoms with Crippen LogP contribution >= 0.6 is 11.6 Å². The zero-order valence-electron chi connectivity index (χ0n) is 20.3. The number of carbonyl (C=O) groups is 1. The molecule has 1 aromatic heterocycles. The molecule has 0 N–H and O–H groups in total. The fraction of sp³-hybridized carbons (Fsp3) is 0.321. The van der Waals surface area contributed by atoms with Gasteiger partial charge in [-0.25, -0.2) is 9.78 Å². The highest BCUT2D eigenvalue weighted by Crippen LogP contribution is 2.37. The lowest BCUT2D eigenvalue weighted by molar-refractivity contribution is -0.00329. The summed E-state index contributed by atoms with van der Waals surface area (Å²) in [5.74, 6) is 0.157. The second-order valence-corrected chi connectivity index (χ2v) is 10.7. The van der Waals surface area contributed by atoms with Crippen molar-refractivity contribution >= 4 is 39.5 Å². The number of fused-ring (bicyclic) bond motifs is 2. The van der Waals surface area contributed by atoms with Gasteiger partial charge in [0.25, 0.3) is 5.56 Å². The zero-order valence-corrected chi connectivity index (χ0v) is 21.1. The second kappa shape index (κ2) is 8.68. The quantitative estimate of drug-likeness (QED) is 0.351. The minimum Gasteiger partial charge on any atom is -0.444 e. The minimum absolute atomic E-state index is 0.157. The molecule has 7 heteroatoms. The number of aromatic nitrogens is 2. The molecule has 0 spiro atoms. The number of aryl methyl sites for hydroxylation is 1. The van der Waals surface area contributed by atoms with E-state index in [1.54, 1.807) is 9.47 Å². The van der Waals surface area contributed by atoms with Gasteiger partial charge >= 0.3 is 6.09 Å². The van der Waals surface area contributed by atoms with Gasteiger partial charge in [0.05, 0.1) is 22.3 Å². The molecule has 35 heavy (non-hydrogen) atoms. The van der Waals surface area contributed by atoms with Crippen molar-refractivity contribution in [3.63, 3.8) is 0 Å². The number of hydrogen-bond acceptors (Lipinski definition) is 4. The van der Waals surface area contributed by atoms with Crippen LogP contribution < -0.4 is 5.56 Å². The molecule has 1 aliphatic rings. The van der Waals surface area contributed by atoms with E-state index in [0.29, 0.717) is 35.7 Å². The van der Waals surface area contributed by atoms with Gasteiger partial charge in [0, 0.05) is 31.1 Å². The Hall–Kier alpha value is -3.38. The predicted octanol–water partition coefficient (Wildman–Crippen LogP) is 6.05. The average molecular weight is 490 g/mol. The van der Waals surface area contributed by atoms with Crippen LogP contribution in [0.3, 0.4) is 0 Å². The topological polar surface area (TPSA) is 64.4 Å². The highest BCUT2D eigenvalue weighted by atomic mass is 35.5. The van der Waals surface area contributed by atoms with Crippen LogP contribution in [0.25, 0.3) is 32.9 Å². The first kappa shape index (κ1) is 23.4. The highest BCUT2D eigenvalue weighted by Gasteiger charge is 2.34. The van der Waals surface area contributed by atoms with Crippen molar-refractivity contribution in [3.8, 4) is 11.1 Å². The molecular formula is C28H28ClN3O3. The fourth-order valence-corrected chi connectivity index (χ4v) is 5.01. The first-order valence-electron chi connectivity index (χ1n) is 11.8. The van der Waals surface area contributed by atoms with Crippen LogP contribution in [0.15, 0.2) is 59.5 Å². The second-order valence-electron chi connectivity index (χ2n) is 10.3. The zero-order chi connectivity index (χ0) is 24.9. The number of rotatable bonds is 3. The molecule has 0 saturated carbocycles. The molecule has 1 amide bonds. The summed E-state index contributed by atoms with van der Waals surface area (Å²) in [6.45, 7) is 9.22. The normalized spacial score (nSPS) is 14.4. The molecule has 4 aromatic rings. The molecule has 180 valence electrons. The maximum atomic E-state index is 12.7. The van der Waals surface area contributed by atoms with Crippen LogP contribution in [-0.2, 0) is 11.3 Å².